The van der Waals surface area contributed by atoms with Crippen LogP contribution >= 0.6 is 22.9 Å². The molecule has 1 N–H and O–H groups in total. The second kappa shape index (κ2) is 10.6. The van der Waals surface area contributed by atoms with Crippen LogP contribution in [0.25, 0.3) is 20.9 Å². The lowest BCUT2D eigenvalue weighted by molar-refractivity contribution is -0.123. The van der Waals surface area contributed by atoms with Crippen LogP contribution in [0.2, 0.25) is 5.02 Å². The number of benzene rings is 4. The van der Waals surface area contributed by atoms with Crippen molar-refractivity contribution in [1.29, 1.82) is 0 Å². The van der Waals surface area contributed by atoms with Gasteiger partial charge in [-0.05, 0) is 29.7 Å². The summed E-state index contributed by atoms with van der Waals surface area (Å²) < 4.78 is 12.2. The van der Waals surface area contributed by atoms with Crippen molar-refractivity contribution in [3.05, 3.63) is 106 Å². The molecule has 178 valence electrons. The van der Waals surface area contributed by atoms with E-state index < -0.39 is 11.9 Å². The van der Waals surface area contributed by atoms with E-state index in [-0.39, 0.29) is 6.61 Å². The quantitative estimate of drug-likeness (QED) is 0.117. The Kier molecular flexibility index (Phi) is 6.93. The van der Waals surface area contributed by atoms with Crippen LogP contribution in [-0.4, -0.2) is 24.7 Å². The van der Waals surface area contributed by atoms with Crippen molar-refractivity contribution in [2.24, 2.45) is 5.10 Å². The molecule has 4 aromatic carbocycles. The lowest BCUT2D eigenvalue weighted by Gasteiger charge is -2.08. The molecule has 0 spiro atoms. The highest BCUT2D eigenvalue weighted by Gasteiger charge is 2.19. The Morgan fingerprint density at radius 3 is 2.42 bits per heavy atom. The number of rotatable bonds is 7. The first-order chi connectivity index (χ1) is 17.6. The van der Waals surface area contributed by atoms with Gasteiger partial charge in [0.05, 0.1) is 11.2 Å². The molecule has 0 atom stereocenters. The van der Waals surface area contributed by atoms with Gasteiger partial charge in [0, 0.05) is 21.0 Å². The summed E-state index contributed by atoms with van der Waals surface area (Å²) in [7, 11) is 0. The highest BCUT2D eigenvalue weighted by molar-refractivity contribution is 7.21. The van der Waals surface area contributed by atoms with E-state index in [0.29, 0.717) is 27.0 Å². The highest BCUT2D eigenvalue weighted by atomic mass is 35.5. The topological polar surface area (TPSA) is 77.0 Å². The first kappa shape index (κ1) is 23.5. The molecule has 0 saturated heterocycles. The second-order valence-corrected chi connectivity index (χ2v) is 9.16. The van der Waals surface area contributed by atoms with Gasteiger partial charge >= 0.3 is 5.97 Å². The predicted molar refractivity (Wildman–Crippen MR) is 143 cm³/mol. The van der Waals surface area contributed by atoms with Crippen LogP contribution in [0, 0.1) is 0 Å². The monoisotopic (exact) mass is 514 g/mol. The zero-order valence-electron chi connectivity index (χ0n) is 18.8. The number of amides is 1. The van der Waals surface area contributed by atoms with Gasteiger partial charge in [-0.15, -0.1) is 11.3 Å². The smallest absolute Gasteiger partial charge is 0.355 e. The molecule has 0 unspecified atom stereocenters. The molecule has 6 nitrogen and oxygen atoms in total. The van der Waals surface area contributed by atoms with E-state index >= 15 is 0 Å². The SMILES string of the molecule is O=C(COc1cccc2ccccc12)NN=Cc1ccccc1OC(=O)c1sc2ccccc2c1Cl. The molecule has 8 heteroatoms. The van der Waals surface area contributed by atoms with Crippen LogP contribution in [-0.2, 0) is 4.79 Å². The largest absolute Gasteiger partial charge is 0.483 e. The number of carbonyl (C=O) groups is 2. The molecule has 1 amide bonds. The summed E-state index contributed by atoms with van der Waals surface area (Å²) in [4.78, 5) is 25.4. The van der Waals surface area contributed by atoms with Gasteiger partial charge in [-0.3, -0.25) is 4.79 Å². The summed E-state index contributed by atoms with van der Waals surface area (Å²) in [5.74, 6) is -0.0781. The normalized spacial score (nSPS) is 11.1. The van der Waals surface area contributed by atoms with Gasteiger partial charge < -0.3 is 9.47 Å². The predicted octanol–water partition coefficient (Wildman–Crippen LogP) is 6.46. The fourth-order valence-electron chi connectivity index (χ4n) is 3.64. The molecule has 0 radical (unpaired) electrons. The van der Waals surface area contributed by atoms with Crippen molar-refractivity contribution in [2.75, 3.05) is 6.61 Å². The Labute approximate surface area is 215 Å². The summed E-state index contributed by atoms with van der Waals surface area (Å²) in [6, 6.07) is 27.8. The minimum Gasteiger partial charge on any atom is -0.483 e. The minimum atomic E-state index is -0.561. The molecule has 36 heavy (non-hydrogen) atoms. The van der Waals surface area contributed by atoms with Crippen LogP contribution in [0.5, 0.6) is 11.5 Å². The molecule has 0 bridgehead atoms. The first-order valence-corrected chi connectivity index (χ1v) is 12.2. The summed E-state index contributed by atoms with van der Waals surface area (Å²) in [6.07, 6.45) is 1.41. The fourth-order valence-corrected chi connectivity index (χ4v) is 5.03. The number of hydrogen-bond acceptors (Lipinski definition) is 6. The van der Waals surface area contributed by atoms with E-state index in [1.54, 1.807) is 24.3 Å². The zero-order valence-corrected chi connectivity index (χ0v) is 20.4. The number of fused-ring (bicyclic) bond motifs is 2. The average Bonchev–Trinajstić information content (AvgIpc) is 3.25. The molecule has 5 aromatic rings. The van der Waals surface area contributed by atoms with Crippen molar-refractivity contribution in [2.45, 2.75) is 0 Å². The summed E-state index contributed by atoms with van der Waals surface area (Å²) in [5.41, 5.74) is 2.95. The first-order valence-electron chi connectivity index (χ1n) is 11.0. The maximum absolute atomic E-state index is 12.8. The van der Waals surface area contributed by atoms with Gasteiger partial charge in [-0.1, -0.05) is 78.3 Å². The number of hydrogen-bond donors (Lipinski definition) is 1. The molecular formula is C28H19ClN2O4S. The molecule has 0 saturated carbocycles. The molecule has 5 rings (SSSR count). The van der Waals surface area contributed by atoms with Gasteiger partial charge in [0.25, 0.3) is 5.91 Å². The van der Waals surface area contributed by atoms with Gasteiger partial charge in [-0.25, -0.2) is 10.2 Å². The third kappa shape index (κ3) is 5.07. The Balaban J connectivity index is 1.23. The van der Waals surface area contributed by atoms with Crippen LogP contribution in [0.3, 0.4) is 0 Å². The lowest BCUT2D eigenvalue weighted by Crippen LogP contribution is -2.24. The number of carbonyl (C=O) groups excluding carboxylic acids is 2. The number of para-hydroxylation sites is 1. The standard InChI is InChI=1S/C28H19ClN2O4S/c29-26-21-12-4-6-15-24(21)36-27(26)28(33)35-22-13-5-2-9-19(22)16-30-31-25(32)17-34-23-14-7-10-18-8-1-3-11-20(18)23/h1-16H,17H2,(H,31,32). The van der Waals surface area contributed by atoms with Crippen LogP contribution in [0.15, 0.2) is 96.1 Å². The molecule has 0 fully saturated rings. The number of ether oxygens (including phenoxy) is 2. The number of thiophene rings is 1. The van der Waals surface area contributed by atoms with Gasteiger partial charge in [0.15, 0.2) is 6.61 Å². The zero-order chi connectivity index (χ0) is 24.9. The molecular weight excluding hydrogens is 496 g/mol. The number of nitrogens with one attached hydrogen (secondary N) is 1. The Hall–Kier alpha value is -4.20. The van der Waals surface area contributed by atoms with E-state index in [2.05, 4.69) is 10.5 Å². The Morgan fingerprint density at radius 1 is 0.861 bits per heavy atom. The van der Waals surface area contributed by atoms with E-state index in [1.807, 2.05) is 66.7 Å². The van der Waals surface area contributed by atoms with Crippen molar-refractivity contribution in [3.8, 4) is 11.5 Å². The maximum Gasteiger partial charge on any atom is 0.355 e. The van der Waals surface area contributed by atoms with Crippen LogP contribution in [0.1, 0.15) is 15.2 Å². The van der Waals surface area contributed by atoms with E-state index in [1.165, 1.54) is 17.6 Å². The van der Waals surface area contributed by atoms with Crippen molar-refractivity contribution < 1.29 is 19.1 Å². The number of esters is 1. The highest BCUT2D eigenvalue weighted by Crippen LogP contribution is 2.36. The molecule has 0 aliphatic rings. The van der Waals surface area contributed by atoms with Crippen LogP contribution in [0.4, 0.5) is 0 Å². The summed E-state index contributed by atoms with van der Waals surface area (Å²) in [5, 5.41) is 7.11. The summed E-state index contributed by atoms with van der Waals surface area (Å²) >= 11 is 7.68. The number of hydrazone groups is 1. The molecule has 1 heterocycles. The van der Waals surface area contributed by atoms with Crippen molar-refractivity contribution in [1.82, 2.24) is 5.43 Å². The van der Waals surface area contributed by atoms with Gasteiger partial charge in [-0.2, -0.15) is 5.10 Å². The number of halogens is 1. The Bertz CT molecular complexity index is 1610. The van der Waals surface area contributed by atoms with Gasteiger partial charge in [0.2, 0.25) is 0 Å². The lowest BCUT2D eigenvalue weighted by atomic mass is 10.1. The maximum atomic E-state index is 12.8. The second-order valence-electron chi connectivity index (χ2n) is 7.73. The average molecular weight is 515 g/mol. The molecule has 1 aromatic heterocycles. The third-order valence-corrected chi connectivity index (χ3v) is 7.00. The number of nitrogens with zero attached hydrogens (tertiary/aromatic N) is 1. The van der Waals surface area contributed by atoms with Gasteiger partial charge in [0.1, 0.15) is 16.4 Å². The molecule has 0 aliphatic carbocycles. The van der Waals surface area contributed by atoms with Crippen molar-refractivity contribution >= 4 is 61.9 Å². The molecule has 0 aliphatic heterocycles. The van der Waals surface area contributed by atoms with E-state index in [9.17, 15) is 9.59 Å². The van der Waals surface area contributed by atoms with Crippen LogP contribution < -0.4 is 14.9 Å². The third-order valence-electron chi connectivity index (χ3n) is 5.34. The van der Waals surface area contributed by atoms with Crippen molar-refractivity contribution in [3.63, 3.8) is 0 Å². The minimum absolute atomic E-state index is 0.202. The van der Waals surface area contributed by atoms with E-state index in [0.717, 1.165) is 20.9 Å². The fraction of sp³-hybridized carbons (Fsp3) is 0.0357. The van der Waals surface area contributed by atoms with E-state index in [4.69, 9.17) is 21.1 Å². The summed E-state index contributed by atoms with van der Waals surface area (Å²) in [6.45, 7) is -0.202. The Morgan fingerprint density at radius 2 is 1.56 bits per heavy atom.